The van der Waals surface area contributed by atoms with E-state index in [9.17, 15) is 0 Å². The van der Waals surface area contributed by atoms with Crippen LogP contribution in [0.4, 0.5) is 0 Å². The Kier molecular flexibility index (Phi) is 3.61. The molecule has 1 aliphatic carbocycles. The molecule has 1 saturated carbocycles. The Balaban J connectivity index is 1.71. The molecule has 0 spiro atoms. The summed E-state index contributed by atoms with van der Waals surface area (Å²) in [4.78, 5) is 0. The predicted molar refractivity (Wildman–Crippen MR) is 76.6 cm³/mol. The first-order chi connectivity index (χ1) is 9.24. The van der Waals surface area contributed by atoms with E-state index in [0.717, 1.165) is 13.0 Å². The number of nitrogens with two attached hydrogens (primary N) is 1. The van der Waals surface area contributed by atoms with Crippen molar-refractivity contribution in [2.75, 3.05) is 6.61 Å². The molecular formula is C16H24N2O. The molecule has 1 aromatic carbocycles. The lowest BCUT2D eigenvalue weighted by molar-refractivity contribution is -0.0934. The monoisotopic (exact) mass is 260 g/mol. The molecule has 3 N–H and O–H groups in total. The number of hydrogen-bond acceptors (Lipinski definition) is 3. The molecule has 0 aromatic heterocycles. The second kappa shape index (κ2) is 5.23. The Morgan fingerprint density at radius 2 is 2.11 bits per heavy atom. The maximum absolute atomic E-state index is 6.06. The predicted octanol–water partition coefficient (Wildman–Crippen LogP) is 2.58. The van der Waals surface area contributed by atoms with E-state index in [2.05, 4.69) is 42.7 Å². The van der Waals surface area contributed by atoms with Crippen molar-refractivity contribution in [3.63, 3.8) is 0 Å². The Bertz CT molecular complexity index is 414. The molecule has 2 fully saturated rings. The summed E-state index contributed by atoms with van der Waals surface area (Å²) in [6, 6.07) is 11.0. The lowest BCUT2D eigenvalue weighted by Crippen LogP contribution is -2.56. The standard InChI is InChI=1S/C16H24N2O/c1-16(9-5-6-10-19-16)15(18-17)14-11-13(14)12-7-3-2-4-8-12/h2-4,7-8,13-15,18H,5-6,9-11,17H2,1H3. The first-order valence-corrected chi connectivity index (χ1v) is 7.39. The number of hydrazine groups is 1. The molecule has 3 heteroatoms. The second-order valence-corrected chi connectivity index (χ2v) is 6.18. The molecule has 3 rings (SSSR count). The molecule has 1 saturated heterocycles. The summed E-state index contributed by atoms with van der Waals surface area (Å²) in [7, 11) is 0. The SMILES string of the molecule is CC1(C(NN)C2CC2c2ccccc2)CCCCO1. The van der Waals surface area contributed by atoms with E-state index >= 15 is 0 Å². The summed E-state index contributed by atoms with van der Waals surface area (Å²) >= 11 is 0. The fourth-order valence-electron chi connectivity index (χ4n) is 3.62. The van der Waals surface area contributed by atoms with Crippen molar-refractivity contribution in [3.8, 4) is 0 Å². The maximum atomic E-state index is 6.06. The van der Waals surface area contributed by atoms with Gasteiger partial charge in [0.1, 0.15) is 0 Å². The molecule has 0 bridgehead atoms. The van der Waals surface area contributed by atoms with Crippen LogP contribution in [0.3, 0.4) is 0 Å². The van der Waals surface area contributed by atoms with Crippen molar-refractivity contribution >= 4 is 0 Å². The molecule has 4 unspecified atom stereocenters. The molecule has 2 aliphatic rings. The summed E-state index contributed by atoms with van der Waals surface area (Å²) in [6.07, 6.45) is 4.76. The third kappa shape index (κ3) is 2.55. The van der Waals surface area contributed by atoms with E-state index in [-0.39, 0.29) is 11.6 Å². The van der Waals surface area contributed by atoms with E-state index in [4.69, 9.17) is 10.6 Å². The van der Waals surface area contributed by atoms with Crippen molar-refractivity contribution < 1.29 is 4.74 Å². The van der Waals surface area contributed by atoms with Gasteiger partial charge in [-0.3, -0.25) is 11.3 Å². The number of ether oxygens (including phenoxy) is 1. The number of hydrogen-bond donors (Lipinski definition) is 2. The van der Waals surface area contributed by atoms with Gasteiger partial charge in [-0.05, 0) is 50.0 Å². The van der Waals surface area contributed by atoms with Crippen LogP contribution < -0.4 is 11.3 Å². The average Bonchev–Trinajstić information content (AvgIpc) is 3.21. The molecule has 1 aliphatic heterocycles. The van der Waals surface area contributed by atoms with Gasteiger partial charge in [0.2, 0.25) is 0 Å². The second-order valence-electron chi connectivity index (χ2n) is 6.18. The summed E-state index contributed by atoms with van der Waals surface area (Å²) < 4.78 is 6.06. The molecule has 0 amide bonds. The summed E-state index contributed by atoms with van der Waals surface area (Å²) in [5.41, 5.74) is 4.39. The number of rotatable bonds is 4. The van der Waals surface area contributed by atoms with Gasteiger partial charge in [-0.25, -0.2) is 0 Å². The van der Waals surface area contributed by atoms with Crippen molar-refractivity contribution in [3.05, 3.63) is 35.9 Å². The summed E-state index contributed by atoms with van der Waals surface area (Å²) in [5.74, 6) is 7.09. The summed E-state index contributed by atoms with van der Waals surface area (Å²) in [5, 5.41) is 0. The van der Waals surface area contributed by atoms with Gasteiger partial charge in [0.25, 0.3) is 0 Å². The van der Waals surface area contributed by atoms with Gasteiger partial charge < -0.3 is 4.74 Å². The maximum Gasteiger partial charge on any atom is 0.0823 e. The van der Waals surface area contributed by atoms with Gasteiger partial charge in [-0.1, -0.05) is 30.3 Å². The van der Waals surface area contributed by atoms with Crippen molar-refractivity contribution in [1.82, 2.24) is 5.43 Å². The quantitative estimate of drug-likeness (QED) is 0.646. The topological polar surface area (TPSA) is 47.3 Å². The Morgan fingerprint density at radius 3 is 2.74 bits per heavy atom. The molecule has 1 heterocycles. The average molecular weight is 260 g/mol. The van der Waals surface area contributed by atoms with E-state index < -0.39 is 0 Å². The Labute approximate surface area is 115 Å². The van der Waals surface area contributed by atoms with Gasteiger partial charge in [0.15, 0.2) is 0 Å². The molecule has 19 heavy (non-hydrogen) atoms. The zero-order valence-corrected chi connectivity index (χ0v) is 11.6. The first-order valence-electron chi connectivity index (χ1n) is 7.39. The van der Waals surface area contributed by atoms with Crippen LogP contribution in [-0.2, 0) is 4.74 Å². The van der Waals surface area contributed by atoms with Gasteiger partial charge in [0.05, 0.1) is 11.6 Å². The van der Waals surface area contributed by atoms with Crippen molar-refractivity contribution in [2.45, 2.75) is 50.2 Å². The van der Waals surface area contributed by atoms with E-state index in [0.29, 0.717) is 11.8 Å². The fourth-order valence-corrected chi connectivity index (χ4v) is 3.62. The van der Waals surface area contributed by atoms with Crippen LogP contribution >= 0.6 is 0 Å². The zero-order valence-electron chi connectivity index (χ0n) is 11.6. The minimum Gasteiger partial charge on any atom is -0.374 e. The van der Waals surface area contributed by atoms with Crippen LogP contribution in [0.2, 0.25) is 0 Å². The van der Waals surface area contributed by atoms with Crippen LogP contribution in [0.5, 0.6) is 0 Å². The van der Waals surface area contributed by atoms with Gasteiger partial charge in [-0.15, -0.1) is 0 Å². The van der Waals surface area contributed by atoms with Crippen LogP contribution in [0.25, 0.3) is 0 Å². The van der Waals surface area contributed by atoms with Crippen molar-refractivity contribution in [2.24, 2.45) is 11.8 Å². The minimum absolute atomic E-state index is 0.0960. The van der Waals surface area contributed by atoms with Crippen molar-refractivity contribution in [1.29, 1.82) is 0 Å². The van der Waals surface area contributed by atoms with Crippen LogP contribution in [0.1, 0.15) is 44.1 Å². The van der Waals surface area contributed by atoms with Gasteiger partial charge >= 0.3 is 0 Å². The lowest BCUT2D eigenvalue weighted by atomic mass is 9.84. The highest BCUT2D eigenvalue weighted by Crippen LogP contribution is 2.52. The lowest BCUT2D eigenvalue weighted by Gasteiger charge is -2.40. The Morgan fingerprint density at radius 1 is 1.32 bits per heavy atom. The first kappa shape index (κ1) is 13.1. The number of benzene rings is 1. The van der Waals surface area contributed by atoms with Gasteiger partial charge in [0, 0.05) is 6.61 Å². The highest BCUT2D eigenvalue weighted by atomic mass is 16.5. The zero-order chi connectivity index (χ0) is 13.3. The van der Waals surface area contributed by atoms with Crippen LogP contribution in [0.15, 0.2) is 30.3 Å². The van der Waals surface area contributed by atoms with E-state index in [1.807, 2.05) is 0 Å². The molecular weight excluding hydrogens is 236 g/mol. The fraction of sp³-hybridized carbons (Fsp3) is 0.625. The molecule has 104 valence electrons. The Hall–Kier alpha value is -0.900. The molecule has 3 nitrogen and oxygen atoms in total. The highest BCUT2D eigenvalue weighted by Gasteiger charge is 2.51. The third-order valence-electron chi connectivity index (χ3n) is 4.83. The van der Waals surface area contributed by atoms with Gasteiger partial charge in [-0.2, -0.15) is 0 Å². The largest absolute Gasteiger partial charge is 0.374 e. The number of nitrogens with one attached hydrogen (secondary N) is 1. The smallest absolute Gasteiger partial charge is 0.0823 e. The normalized spacial score (nSPS) is 35.9. The minimum atomic E-state index is -0.0960. The van der Waals surface area contributed by atoms with E-state index in [1.54, 1.807) is 0 Å². The van der Waals surface area contributed by atoms with E-state index in [1.165, 1.54) is 24.8 Å². The van der Waals surface area contributed by atoms with Crippen LogP contribution in [-0.4, -0.2) is 18.2 Å². The highest BCUT2D eigenvalue weighted by molar-refractivity contribution is 5.27. The van der Waals surface area contributed by atoms with Crippen LogP contribution in [0, 0.1) is 5.92 Å². The molecule has 1 aromatic rings. The summed E-state index contributed by atoms with van der Waals surface area (Å²) in [6.45, 7) is 3.09. The third-order valence-corrected chi connectivity index (χ3v) is 4.83. The molecule has 0 radical (unpaired) electrons. The molecule has 4 atom stereocenters.